The Hall–Kier alpha value is -2.50. The molecular weight excluding hydrogens is 388 g/mol. The lowest BCUT2D eigenvalue weighted by Crippen LogP contribution is -2.43. The van der Waals surface area contributed by atoms with Crippen molar-refractivity contribution in [3.05, 3.63) is 65.7 Å². The highest BCUT2D eigenvalue weighted by Gasteiger charge is 2.20. The summed E-state index contributed by atoms with van der Waals surface area (Å²) in [6.07, 6.45) is 12.4. The number of aryl methyl sites for hydroxylation is 1. The third kappa shape index (κ3) is 4.26. The second-order valence-electron chi connectivity index (χ2n) is 7.31. The van der Waals surface area contributed by atoms with Crippen LogP contribution in [0.3, 0.4) is 0 Å². The average molecular weight is 413 g/mol. The quantitative estimate of drug-likeness (QED) is 0.464. The molecule has 0 aromatic carbocycles. The molecule has 2 aliphatic rings. The summed E-state index contributed by atoms with van der Waals surface area (Å²) >= 11 is 0. The lowest BCUT2D eigenvalue weighted by Gasteiger charge is -2.35. The number of imidazole rings is 1. The zero-order valence-electron chi connectivity index (χ0n) is 16.6. The van der Waals surface area contributed by atoms with Crippen molar-refractivity contribution < 1.29 is 9.18 Å². The molecule has 0 saturated carbocycles. The van der Waals surface area contributed by atoms with Crippen molar-refractivity contribution in [1.29, 1.82) is 0 Å². The van der Waals surface area contributed by atoms with E-state index in [1.54, 1.807) is 16.7 Å². The van der Waals surface area contributed by atoms with Gasteiger partial charge in [-0.3, -0.25) is 4.79 Å². The number of nitrogens with one attached hydrogen (secondary N) is 1. The van der Waals surface area contributed by atoms with E-state index < -0.39 is 0 Å². The van der Waals surface area contributed by atoms with E-state index >= 15 is 0 Å². The zero-order chi connectivity index (χ0) is 20.4. The lowest BCUT2D eigenvalue weighted by molar-refractivity contribution is -0.104. The van der Waals surface area contributed by atoms with Crippen LogP contribution in [0.25, 0.3) is 11.0 Å². The van der Waals surface area contributed by atoms with E-state index in [-0.39, 0.29) is 11.6 Å². The molecule has 2 aromatic heterocycles. The molecule has 1 N–H and O–H groups in total. The summed E-state index contributed by atoms with van der Waals surface area (Å²) < 4.78 is 16.2. The maximum absolute atomic E-state index is 14.5. The highest BCUT2D eigenvalue weighted by molar-refractivity contribution is 7.51. The van der Waals surface area contributed by atoms with E-state index in [4.69, 9.17) is 0 Å². The molecule has 0 bridgehead atoms. The van der Waals surface area contributed by atoms with Crippen LogP contribution < -0.4 is 5.32 Å². The van der Waals surface area contributed by atoms with E-state index in [2.05, 4.69) is 38.5 Å². The number of fused-ring (bicyclic) bond motifs is 1. The first-order valence-corrected chi connectivity index (χ1v) is 10.8. The fourth-order valence-corrected chi connectivity index (χ4v) is 4.96. The summed E-state index contributed by atoms with van der Waals surface area (Å²) in [6.45, 7) is 5.82. The molecule has 29 heavy (non-hydrogen) atoms. The highest BCUT2D eigenvalue weighted by atomic mass is 31.1. The second-order valence-corrected chi connectivity index (χ2v) is 8.73. The van der Waals surface area contributed by atoms with E-state index in [9.17, 15) is 9.18 Å². The maximum Gasteiger partial charge on any atom is 0.173 e. The first-order valence-electron chi connectivity index (χ1n) is 9.70. The average Bonchev–Trinajstić information content (AvgIpc) is 3.10. The van der Waals surface area contributed by atoms with Crippen LogP contribution in [0.5, 0.6) is 0 Å². The number of nitrogens with zero attached hydrogens (tertiary/aromatic N) is 4. The Balaban J connectivity index is 1.55. The van der Waals surface area contributed by atoms with Gasteiger partial charge in [0.25, 0.3) is 0 Å². The van der Waals surface area contributed by atoms with Crippen LogP contribution >= 0.6 is 8.58 Å². The first-order chi connectivity index (χ1) is 14.0. The minimum atomic E-state index is -0.384. The summed E-state index contributed by atoms with van der Waals surface area (Å²) in [6, 6.07) is 1.47. The molecule has 4 heterocycles. The number of carbonyl (C=O) groups is 1. The van der Waals surface area contributed by atoms with Gasteiger partial charge < -0.3 is 19.5 Å². The van der Waals surface area contributed by atoms with Crippen molar-refractivity contribution in [2.24, 2.45) is 0 Å². The number of aromatic nitrogens is 2. The van der Waals surface area contributed by atoms with Crippen LogP contribution in [0, 0.1) is 12.7 Å². The van der Waals surface area contributed by atoms with Crippen molar-refractivity contribution in [2.45, 2.75) is 12.7 Å². The molecule has 0 aliphatic carbocycles. The first kappa shape index (κ1) is 19.8. The Bertz CT molecular complexity index is 1010. The van der Waals surface area contributed by atoms with Gasteiger partial charge in [0, 0.05) is 57.4 Å². The van der Waals surface area contributed by atoms with Crippen molar-refractivity contribution in [2.75, 3.05) is 33.2 Å². The molecule has 2 aromatic rings. The number of hydrogen-bond donors (Lipinski definition) is 1. The molecule has 2 aliphatic heterocycles. The van der Waals surface area contributed by atoms with Gasteiger partial charge >= 0.3 is 0 Å². The van der Waals surface area contributed by atoms with Gasteiger partial charge in [0.15, 0.2) is 11.5 Å². The van der Waals surface area contributed by atoms with Crippen LogP contribution in [-0.4, -0.2) is 64.5 Å². The van der Waals surface area contributed by atoms with E-state index in [1.165, 1.54) is 11.8 Å². The van der Waals surface area contributed by atoms with Crippen LogP contribution in [0.2, 0.25) is 0 Å². The van der Waals surface area contributed by atoms with Crippen molar-refractivity contribution >= 4 is 25.8 Å². The Morgan fingerprint density at radius 2 is 2.14 bits per heavy atom. The number of carbonyl (C=O) groups excluding carboxylic acids is 1. The predicted molar refractivity (Wildman–Crippen MR) is 115 cm³/mol. The van der Waals surface area contributed by atoms with Gasteiger partial charge in [-0.25, -0.2) is 9.37 Å². The molecule has 6 nitrogen and oxygen atoms in total. The normalized spacial score (nSPS) is 20.7. The third-order valence-electron chi connectivity index (χ3n) is 5.18. The molecule has 4 rings (SSSR count). The van der Waals surface area contributed by atoms with Gasteiger partial charge in [0.05, 0.1) is 17.2 Å². The smallest absolute Gasteiger partial charge is 0.173 e. The molecule has 1 fully saturated rings. The van der Waals surface area contributed by atoms with Crippen molar-refractivity contribution in [1.82, 2.24) is 24.5 Å². The van der Waals surface area contributed by atoms with Gasteiger partial charge in [0.2, 0.25) is 0 Å². The molecule has 0 spiro atoms. The van der Waals surface area contributed by atoms with Crippen LogP contribution in [0.15, 0.2) is 48.6 Å². The van der Waals surface area contributed by atoms with Gasteiger partial charge in [0.1, 0.15) is 6.29 Å². The van der Waals surface area contributed by atoms with Gasteiger partial charge in [-0.05, 0) is 30.5 Å². The fourth-order valence-electron chi connectivity index (χ4n) is 3.70. The Morgan fingerprint density at radius 1 is 1.34 bits per heavy atom. The summed E-state index contributed by atoms with van der Waals surface area (Å²) in [7, 11) is 2.35. The lowest BCUT2D eigenvalue weighted by atomic mass is 10.2. The molecule has 152 valence electrons. The number of allylic oxidation sites excluding steroid dienone is 2. The Morgan fingerprint density at radius 3 is 2.86 bits per heavy atom. The standard InChI is InChI=1S/C21H25FN5OP/c1-15-12-27-13-16(11-18(22)21(27)24-15)19(5-10-28)29-20-4-3-17(14-25(20)2)26-8-6-23-7-9-26/h3-5,10-14,20,23,29H,6-9H2,1-2H3/b19-5-. The number of rotatable bonds is 5. The SMILES string of the molecule is Cc1cn2cc(/C(=C/C=O)PC3C=CC(N4CCNCC4)=CN3C)cc(F)c2n1. The van der Waals surface area contributed by atoms with Crippen molar-refractivity contribution in [3.8, 4) is 0 Å². The monoisotopic (exact) mass is 413 g/mol. The fraction of sp³-hybridized carbons (Fsp3) is 0.333. The number of halogens is 1. The highest BCUT2D eigenvalue weighted by Crippen LogP contribution is 2.41. The maximum atomic E-state index is 14.5. The van der Waals surface area contributed by atoms with Gasteiger partial charge in [-0.15, -0.1) is 0 Å². The summed E-state index contributed by atoms with van der Waals surface area (Å²) in [5.41, 5.74) is 2.97. The van der Waals surface area contributed by atoms with Gasteiger partial charge in [-0.2, -0.15) is 0 Å². The van der Waals surface area contributed by atoms with Crippen molar-refractivity contribution in [3.63, 3.8) is 0 Å². The minimum absolute atomic E-state index is 0.121. The number of likely N-dealkylation sites (N-methyl/N-ethyl adjacent to an activating group) is 1. The Kier molecular flexibility index (Phi) is 5.79. The second kappa shape index (κ2) is 8.47. The van der Waals surface area contributed by atoms with E-state index in [0.717, 1.165) is 43.5 Å². The topological polar surface area (TPSA) is 52.9 Å². The molecular formula is C21H25FN5OP. The summed E-state index contributed by atoms with van der Waals surface area (Å²) in [5.74, 6) is -0.262. The number of pyridine rings is 1. The van der Waals surface area contributed by atoms with Crippen LogP contribution in [0.1, 0.15) is 11.3 Å². The van der Waals surface area contributed by atoms with E-state index in [1.807, 2.05) is 20.2 Å². The zero-order valence-corrected chi connectivity index (χ0v) is 17.6. The predicted octanol–water partition coefficient (Wildman–Crippen LogP) is 2.57. The third-order valence-corrected chi connectivity index (χ3v) is 6.84. The van der Waals surface area contributed by atoms with Gasteiger partial charge in [-0.1, -0.05) is 14.7 Å². The molecule has 2 unspecified atom stereocenters. The number of aldehydes is 1. The molecule has 0 amide bonds. The number of piperazine rings is 1. The summed E-state index contributed by atoms with van der Waals surface area (Å²) in [4.78, 5) is 20.0. The molecule has 8 heteroatoms. The molecule has 1 saturated heterocycles. The largest absolute Gasteiger partial charge is 0.368 e. The molecule has 2 atom stereocenters. The van der Waals surface area contributed by atoms with Crippen LogP contribution in [-0.2, 0) is 4.79 Å². The minimum Gasteiger partial charge on any atom is -0.368 e. The summed E-state index contributed by atoms with van der Waals surface area (Å²) in [5, 5.41) is 4.19. The van der Waals surface area contributed by atoms with E-state index in [0.29, 0.717) is 19.8 Å². The van der Waals surface area contributed by atoms with Crippen LogP contribution in [0.4, 0.5) is 4.39 Å². The number of hydrogen-bond acceptors (Lipinski definition) is 5. The Labute approximate surface area is 171 Å². The molecule has 0 radical (unpaired) electrons.